The largest absolute Gasteiger partial charge is 0.462 e. The third-order valence-corrected chi connectivity index (χ3v) is 5.92. The Kier molecular flexibility index (Phi) is 8.10. The van der Waals surface area contributed by atoms with Crippen LogP contribution in [0.15, 0.2) is 36.4 Å². The smallest absolute Gasteiger partial charge is 0.367 e. The van der Waals surface area contributed by atoms with E-state index in [0.717, 1.165) is 6.92 Å². The molecule has 0 saturated carbocycles. The van der Waals surface area contributed by atoms with E-state index in [9.17, 15) is 19.2 Å². The number of aromatic amines is 1. The van der Waals surface area contributed by atoms with Gasteiger partial charge in [-0.15, -0.1) is 0 Å². The molecule has 0 unspecified atom stereocenters. The highest BCUT2D eigenvalue weighted by molar-refractivity contribution is 6.42. The summed E-state index contributed by atoms with van der Waals surface area (Å²) in [6.45, 7) is 3.74. The Morgan fingerprint density at radius 2 is 1.51 bits per heavy atom. The molecule has 1 heterocycles. The van der Waals surface area contributed by atoms with Crippen molar-refractivity contribution in [3.8, 4) is 0 Å². The van der Waals surface area contributed by atoms with Crippen molar-refractivity contribution in [2.24, 2.45) is 0 Å². The molecule has 0 atom stereocenters. The summed E-state index contributed by atoms with van der Waals surface area (Å²) in [4.78, 5) is 55.5. The number of ether oxygens (including phenoxy) is 3. The van der Waals surface area contributed by atoms with E-state index in [4.69, 9.17) is 49.0 Å². The number of nitrogens with one attached hydrogen (secondary N) is 1. The van der Waals surface area contributed by atoms with Crippen LogP contribution >= 0.6 is 34.8 Å². The number of aromatic nitrogens is 1. The van der Waals surface area contributed by atoms with Crippen LogP contribution in [0.4, 0.5) is 0 Å². The van der Waals surface area contributed by atoms with E-state index in [-0.39, 0.29) is 45.5 Å². The van der Waals surface area contributed by atoms with Gasteiger partial charge in [-0.2, -0.15) is 0 Å². The molecule has 3 aromatic rings. The lowest BCUT2D eigenvalue weighted by molar-refractivity contribution is -0.197. The summed E-state index contributed by atoms with van der Waals surface area (Å²) >= 11 is 18.2. The minimum Gasteiger partial charge on any atom is -0.462 e. The molecule has 35 heavy (non-hydrogen) atoms. The number of esters is 3. The number of rotatable bonds is 8. The fourth-order valence-corrected chi connectivity index (χ4v) is 4.06. The molecule has 0 spiro atoms. The third-order valence-electron chi connectivity index (χ3n) is 4.94. The maximum Gasteiger partial charge on any atom is 0.367 e. The molecular formula is C24H20Cl3NO7. The number of fused-ring (bicyclic) bond motifs is 1. The highest BCUT2D eigenvalue weighted by Crippen LogP contribution is 2.40. The topological polar surface area (TPSA) is 112 Å². The van der Waals surface area contributed by atoms with Gasteiger partial charge in [-0.1, -0.05) is 40.9 Å². The summed E-state index contributed by atoms with van der Waals surface area (Å²) in [6, 6.07) is 8.63. The second-order valence-corrected chi connectivity index (χ2v) is 8.49. The van der Waals surface area contributed by atoms with Crippen molar-refractivity contribution in [2.45, 2.75) is 26.4 Å². The van der Waals surface area contributed by atoms with Crippen molar-refractivity contribution in [3.63, 3.8) is 0 Å². The Bertz CT molecular complexity index is 1310. The summed E-state index contributed by atoms with van der Waals surface area (Å²) in [7, 11) is 0. The van der Waals surface area contributed by atoms with Gasteiger partial charge in [0.1, 0.15) is 0 Å². The van der Waals surface area contributed by atoms with Gasteiger partial charge in [0.15, 0.2) is 0 Å². The van der Waals surface area contributed by atoms with Crippen molar-refractivity contribution in [2.75, 3.05) is 13.2 Å². The molecule has 3 rings (SSSR count). The molecule has 0 aliphatic heterocycles. The Hall–Kier alpha value is -3.07. The van der Waals surface area contributed by atoms with Gasteiger partial charge in [-0.25, -0.2) is 9.59 Å². The third kappa shape index (κ3) is 5.00. The van der Waals surface area contributed by atoms with Crippen molar-refractivity contribution >= 4 is 69.4 Å². The van der Waals surface area contributed by atoms with Gasteiger partial charge in [0.2, 0.25) is 5.78 Å². The number of H-pyrrole nitrogens is 1. The number of carbonyl (C=O) groups excluding carboxylic acids is 4. The lowest BCUT2D eigenvalue weighted by Crippen LogP contribution is -2.50. The van der Waals surface area contributed by atoms with Gasteiger partial charge < -0.3 is 19.2 Å². The minimum absolute atomic E-state index is 0.0859. The normalized spacial score (nSPS) is 11.3. The lowest BCUT2D eigenvalue weighted by Gasteiger charge is -2.29. The zero-order valence-corrected chi connectivity index (χ0v) is 21.1. The molecule has 8 nitrogen and oxygen atoms in total. The first-order chi connectivity index (χ1) is 16.6. The first kappa shape index (κ1) is 26.5. The summed E-state index contributed by atoms with van der Waals surface area (Å²) in [5.41, 5.74) is -2.86. The Labute approximate surface area is 215 Å². The summed E-state index contributed by atoms with van der Waals surface area (Å²) in [5, 5.41) is 0.851. The maximum atomic E-state index is 13.7. The van der Waals surface area contributed by atoms with Crippen LogP contribution in [-0.2, 0) is 34.2 Å². The minimum atomic E-state index is -2.74. The zero-order valence-electron chi connectivity index (χ0n) is 18.9. The Morgan fingerprint density at radius 3 is 2.06 bits per heavy atom. The lowest BCUT2D eigenvalue weighted by atomic mass is 9.88. The fourth-order valence-electron chi connectivity index (χ4n) is 3.59. The fraction of sp³-hybridized carbons (Fsp3) is 0.250. The van der Waals surface area contributed by atoms with Crippen LogP contribution in [0.3, 0.4) is 0 Å². The zero-order chi connectivity index (χ0) is 25.9. The monoisotopic (exact) mass is 539 g/mol. The molecule has 0 bridgehead atoms. The molecule has 0 amide bonds. The quantitative estimate of drug-likeness (QED) is 0.180. The second-order valence-electron chi connectivity index (χ2n) is 7.24. The average molecular weight is 541 g/mol. The van der Waals surface area contributed by atoms with Crippen molar-refractivity contribution in [1.82, 2.24) is 4.98 Å². The van der Waals surface area contributed by atoms with E-state index in [1.165, 1.54) is 50.2 Å². The van der Waals surface area contributed by atoms with E-state index in [1.54, 1.807) is 0 Å². The first-order valence-electron chi connectivity index (χ1n) is 10.4. The number of halogens is 3. The Morgan fingerprint density at radius 1 is 0.886 bits per heavy atom. The van der Waals surface area contributed by atoms with Gasteiger partial charge in [0, 0.05) is 28.4 Å². The summed E-state index contributed by atoms with van der Waals surface area (Å²) < 4.78 is 15.7. The van der Waals surface area contributed by atoms with Crippen LogP contribution in [-0.4, -0.2) is 41.9 Å². The number of ketones is 1. The molecule has 0 aliphatic rings. The highest BCUT2D eigenvalue weighted by Gasteiger charge is 2.58. The Balaban J connectivity index is 2.44. The number of benzene rings is 2. The van der Waals surface area contributed by atoms with Crippen LogP contribution < -0.4 is 0 Å². The second kappa shape index (κ2) is 10.7. The highest BCUT2D eigenvalue weighted by atomic mass is 35.5. The van der Waals surface area contributed by atoms with Crippen LogP contribution in [0.1, 0.15) is 42.4 Å². The predicted octanol–water partition coefficient (Wildman–Crippen LogP) is 5.24. The molecule has 0 saturated heterocycles. The van der Waals surface area contributed by atoms with E-state index >= 15 is 0 Å². The molecule has 0 radical (unpaired) electrons. The van der Waals surface area contributed by atoms with Crippen molar-refractivity contribution in [3.05, 3.63) is 68.3 Å². The van der Waals surface area contributed by atoms with Crippen LogP contribution in [0.2, 0.25) is 15.1 Å². The molecule has 0 fully saturated rings. The molecule has 2 aromatic carbocycles. The van der Waals surface area contributed by atoms with Crippen LogP contribution in [0.5, 0.6) is 0 Å². The van der Waals surface area contributed by atoms with Gasteiger partial charge in [0.05, 0.1) is 34.5 Å². The number of hydrogen-bond acceptors (Lipinski definition) is 7. The van der Waals surface area contributed by atoms with Gasteiger partial charge in [-0.05, 0) is 44.2 Å². The molecule has 184 valence electrons. The van der Waals surface area contributed by atoms with Crippen molar-refractivity contribution < 1.29 is 33.4 Å². The number of hydrogen-bond donors (Lipinski definition) is 1. The van der Waals surface area contributed by atoms with Crippen molar-refractivity contribution in [1.29, 1.82) is 0 Å². The van der Waals surface area contributed by atoms with Gasteiger partial charge in [0.25, 0.3) is 0 Å². The maximum absolute atomic E-state index is 13.7. The van der Waals surface area contributed by atoms with E-state index in [0.29, 0.717) is 10.5 Å². The van der Waals surface area contributed by atoms with Crippen LogP contribution in [0, 0.1) is 0 Å². The molecule has 1 aromatic heterocycles. The summed E-state index contributed by atoms with van der Waals surface area (Å²) in [6.07, 6.45) is 0. The van der Waals surface area contributed by atoms with E-state index in [1.807, 2.05) is 0 Å². The van der Waals surface area contributed by atoms with E-state index in [2.05, 4.69) is 4.98 Å². The van der Waals surface area contributed by atoms with Gasteiger partial charge in [-0.3, -0.25) is 9.59 Å². The molecule has 0 aliphatic carbocycles. The molecule has 1 N–H and O–H groups in total. The summed E-state index contributed by atoms with van der Waals surface area (Å²) in [5.74, 6) is -4.11. The molecule has 11 heteroatoms. The standard InChI is InChI=1S/C24H20Cl3NO7/c1-4-33-22(31)24(35-12(3)29,23(32)34-5-2)19-15-8-7-14(25)11-18(15)28-20(19)21(30)13-6-9-16(26)17(27)10-13/h6-11,28H,4-5H2,1-3H3. The average Bonchev–Trinajstić information content (AvgIpc) is 3.17. The SMILES string of the molecule is CCOC(=O)C(OC(C)=O)(C(=O)OCC)c1c(C(=O)c2ccc(Cl)c(Cl)c2)[nH]c2cc(Cl)ccc12. The first-order valence-corrected chi connectivity index (χ1v) is 11.6. The van der Waals surface area contributed by atoms with Gasteiger partial charge >= 0.3 is 23.5 Å². The molecular weight excluding hydrogens is 521 g/mol. The van der Waals surface area contributed by atoms with Crippen LogP contribution in [0.25, 0.3) is 10.9 Å². The predicted molar refractivity (Wildman–Crippen MR) is 130 cm³/mol. The number of carbonyl (C=O) groups is 4. The van der Waals surface area contributed by atoms with E-state index < -0.39 is 29.3 Å².